The maximum Gasteiger partial charge on any atom is 0.338 e. The average molecular weight is 368 g/mol. The molecule has 0 spiro atoms. The summed E-state index contributed by atoms with van der Waals surface area (Å²) in [5, 5.41) is 19.0. The van der Waals surface area contributed by atoms with Crippen molar-refractivity contribution in [3.05, 3.63) is 60.2 Å². The van der Waals surface area contributed by atoms with Crippen LogP contribution in [0.3, 0.4) is 0 Å². The fourth-order valence-electron chi connectivity index (χ4n) is 3.53. The lowest BCUT2D eigenvalue weighted by Gasteiger charge is -2.19. The zero-order valence-corrected chi connectivity index (χ0v) is 14.5. The quantitative estimate of drug-likeness (QED) is 0.600. The van der Waals surface area contributed by atoms with Gasteiger partial charge in [0, 0.05) is 12.3 Å². The first-order valence-corrected chi connectivity index (χ1v) is 8.71. The van der Waals surface area contributed by atoms with Crippen molar-refractivity contribution in [1.29, 1.82) is 0 Å². The van der Waals surface area contributed by atoms with E-state index < -0.39 is 36.0 Å². The summed E-state index contributed by atoms with van der Waals surface area (Å²) in [4.78, 5) is 34.7. The second-order valence-corrected chi connectivity index (χ2v) is 6.67. The molecule has 0 heterocycles. The number of carboxylic acids is 1. The van der Waals surface area contributed by atoms with E-state index in [4.69, 9.17) is 9.84 Å². The highest BCUT2D eigenvalue weighted by atomic mass is 16.5. The zero-order valence-electron chi connectivity index (χ0n) is 14.5. The summed E-state index contributed by atoms with van der Waals surface area (Å²) in [6.07, 6.45) is -1.54. The molecule has 2 aromatic carbocycles. The molecule has 1 saturated carbocycles. The van der Waals surface area contributed by atoms with Gasteiger partial charge in [-0.25, -0.2) is 4.79 Å². The monoisotopic (exact) mass is 368 g/mol. The largest absolute Gasteiger partial charge is 0.481 e. The van der Waals surface area contributed by atoms with Crippen molar-refractivity contribution < 1.29 is 29.3 Å². The molecule has 6 nitrogen and oxygen atoms in total. The molecule has 27 heavy (non-hydrogen) atoms. The first kappa shape index (κ1) is 18.8. The van der Waals surface area contributed by atoms with Crippen LogP contribution in [-0.4, -0.2) is 40.6 Å². The Hall–Kier alpha value is -2.99. The summed E-state index contributed by atoms with van der Waals surface area (Å²) in [5.41, 5.74) is 2.31. The lowest BCUT2D eigenvalue weighted by atomic mass is 9.92. The SMILES string of the molecule is O=C[C@@H]1C(CC(=O)O)[C@@H](O)C[C@H]1OC(=O)c1ccc(-c2ccccc2)cc1. The van der Waals surface area contributed by atoms with Gasteiger partial charge in [-0.3, -0.25) is 4.79 Å². The van der Waals surface area contributed by atoms with Gasteiger partial charge in [-0.1, -0.05) is 42.5 Å². The van der Waals surface area contributed by atoms with Crippen LogP contribution in [0, 0.1) is 11.8 Å². The molecule has 0 radical (unpaired) electrons. The molecule has 0 aromatic heterocycles. The Balaban J connectivity index is 1.69. The highest BCUT2D eigenvalue weighted by Gasteiger charge is 2.45. The van der Waals surface area contributed by atoms with E-state index in [2.05, 4.69) is 0 Å². The molecule has 2 N–H and O–H groups in total. The fourth-order valence-corrected chi connectivity index (χ4v) is 3.53. The number of benzene rings is 2. The first-order valence-electron chi connectivity index (χ1n) is 8.71. The van der Waals surface area contributed by atoms with Gasteiger partial charge < -0.3 is 19.7 Å². The van der Waals surface area contributed by atoms with Crippen LogP contribution in [0.25, 0.3) is 11.1 Å². The molecule has 4 atom stereocenters. The van der Waals surface area contributed by atoms with Crippen molar-refractivity contribution in [2.45, 2.75) is 25.0 Å². The predicted octanol–water partition coefficient (Wildman–Crippen LogP) is 2.55. The summed E-state index contributed by atoms with van der Waals surface area (Å²) >= 11 is 0. The Kier molecular flexibility index (Phi) is 5.66. The molecule has 1 aliphatic rings. The molecule has 0 amide bonds. The van der Waals surface area contributed by atoms with Gasteiger partial charge in [0.2, 0.25) is 0 Å². The Morgan fingerprint density at radius 2 is 1.67 bits per heavy atom. The number of hydrogen-bond donors (Lipinski definition) is 2. The van der Waals surface area contributed by atoms with Gasteiger partial charge in [0.1, 0.15) is 12.4 Å². The van der Waals surface area contributed by atoms with Crippen LogP contribution in [0.1, 0.15) is 23.2 Å². The average Bonchev–Trinajstić information content (AvgIpc) is 2.96. The highest BCUT2D eigenvalue weighted by molar-refractivity contribution is 5.90. The molecule has 1 unspecified atom stereocenters. The molecule has 2 aromatic rings. The van der Waals surface area contributed by atoms with Crippen LogP contribution < -0.4 is 0 Å². The van der Waals surface area contributed by atoms with E-state index in [0.29, 0.717) is 11.8 Å². The lowest BCUT2D eigenvalue weighted by Crippen LogP contribution is -2.28. The maximum absolute atomic E-state index is 12.4. The minimum Gasteiger partial charge on any atom is -0.481 e. The van der Waals surface area contributed by atoms with Crippen molar-refractivity contribution in [2.75, 3.05) is 0 Å². The summed E-state index contributed by atoms with van der Waals surface area (Å²) in [6, 6.07) is 16.6. The van der Waals surface area contributed by atoms with Crippen molar-refractivity contribution in [2.24, 2.45) is 11.8 Å². The first-order chi connectivity index (χ1) is 13.0. The topological polar surface area (TPSA) is 101 Å². The Labute approximate surface area is 156 Å². The van der Waals surface area contributed by atoms with E-state index in [-0.39, 0.29) is 12.8 Å². The van der Waals surface area contributed by atoms with Gasteiger partial charge in [-0.2, -0.15) is 0 Å². The number of esters is 1. The van der Waals surface area contributed by atoms with Crippen LogP contribution in [0.5, 0.6) is 0 Å². The van der Waals surface area contributed by atoms with Crippen LogP contribution in [0.15, 0.2) is 54.6 Å². The minimum atomic E-state index is -1.10. The third-order valence-electron chi connectivity index (χ3n) is 4.95. The number of aliphatic carboxylic acids is 1. The standard InChI is InChI=1S/C21H20O6/c22-12-17-16(10-20(24)25)18(23)11-19(17)27-21(26)15-8-6-14(7-9-15)13-4-2-1-3-5-13/h1-9,12,16-19,23H,10-11H2,(H,24,25)/t16?,17-,18+,19-/m1/s1. The molecular formula is C21H20O6. The van der Waals surface area contributed by atoms with Crippen molar-refractivity contribution in [3.63, 3.8) is 0 Å². The molecule has 3 rings (SSSR count). The van der Waals surface area contributed by atoms with Gasteiger partial charge in [0.25, 0.3) is 0 Å². The molecule has 6 heteroatoms. The number of carbonyl (C=O) groups excluding carboxylic acids is 2. The fraction of sp³-hybridized carbons (Fsp3) is 0.286. The highest BCUT2D eigenvalue weighted by Crippen LogP contribution is 2.36. The predicted molar refractivity (Wildman–Crippen MR) is 97.0 cm³/mol. The van der Waals surface area contributed by atoms with Crippen LogP contribution in [0.2, 0.25) is 0 Å². The smallest absolute Gasteiger partial charge is 0.338 e. The summed E-state index contributed by atoms with van der Waals surface area (Å²) in [7, 11) is 0. The van der Waals surface area contributed by atoms with E-state index in [1.165, 1.54) is 0 Å². The van der Waals surface area contributed by atoms with Crippen LogP contribution in [-0.2, 0) is 14.3 Å². The number of aldehydes is 1. The van der Waals surface area contributed by atoms with E-state index in [1.807, 2.05) is 30.3 Å². The Morgan fingerprint density at radius 3 is 2.26 bits per heavy atom. The maximum atomic E-state index is 12.4. The number of rotatable bonds is 6. The van der Waals surface area contributed by atoms with Gasteiger partial charge in [0.15, 0.2) is 0 Å². The zero-order chi connectivity index (χ0) is 19.4. The molecule has 0 bridgehead atoms. The van der Waals surface area contributed by atoms with E-state index >= 15 is 0 Å². The number of hydrogen-bond acceptors (Lipinski definition) is 5. The van der Waals surface area contributed by atoms with Crippen LogP contribution in [0.4, 0.5) is 0 Å². The van der Waals surface area contributed by atoms with Gasteiger partial charge in [-0.15, -0.1) is 0 Å². The number of aliphatic hydroxyl groups excluding tert-OH is 1. The number of carbonyl (C=O) groups is 3. The van der Waals surface area contributed by atoms with Gasteiger partial charge in [-0.05, 0) is 23.3 Å². The van der Waals surface area contributed by atoms with Crippen molar-refractivity contribution in [3.8, 4) is 11.1 Å². The van der Waals surface area contributed by atoms with E-state index in [1.54, 1.807) is 24.3 Å². The summed E-state index contributed by atoms with van der Waals surface area (Å²) < 4.78 is 5.41. The third kappa shape index (κ3) is 4.23. The molecule has 0 aliphatic heterocycles. The second kappa shape index (κ2) is 8.14. The van der Waals surface area contributed by atoms with E-state index in [0.717, 1.165) is 11.1 Å². The lowest BCUT2D eigenvalue weighted by molar-refractivity contribution is -0.139. The van der Waals surface area contributed by atoms with Crippen LogP contribution >= 0.6 is 0 Å². The Morgan fingerprint density at radius 1 is 1.04 bits per heavy atom. The van der Waals surface area contributed by atoms with Crippen molar-refractivity contribution >= 4 is 18.2 Å². The van der Waals surface area contributed by atoms with Crippen molar-refractivity contribution in [1.82, 2.24) is 0 Å². The van der Waals surface area contributed by atoms with Gasteiger partial charge >= 0.3 is 11.9 Å². The molecule has 0 saturated heterocycles. The summed E-state index contributed by atoms with van der Waals surface area (Å²) in [6.45, 7) is 0. The summed E-state index contributed by atoms with van der Waals surface area (Å²) in [5.74, 6) is -3.29. The minimum absolute atomic E-state index is 0.0508. The number of ether oxygens (including phenoxy) is 1. The normalized spacial score (nSPS) is 24.3. The third-order valence-corrected chi connectivity index (χ3v) is 4.95. The van der Waals surface area contributed by atoms with Gasteiger partial charge in [0.05, 0.1) is 24.0 Å². The molecular weight excluding hydrogens is 348 g/mol. The molecule has 1 fully saturated rings. The molecule has 140 valence electrons. The molecule has 1 aliphatic carbocycles. The second-order valence-electron chi connectivity index (χ2n) is 6.67. The number of aliphatic hydroxyl groups is 1. The van der Waals surface area contributed by atoms with E-state index in [9.17, 15) is 19.5 Å². The number of carboxylic acid groups (broad SMARTS) is 1. The Bertz CT molecular complexity index is 814.